The zero-order valence-electron chi connectivity index (χ0n) is 17.2. The normalized spacial score (nSPS) is 14.0. The van der Waals surface area contributed by atoms with E-state index in [1.165, 1.54) is 17.1 Å². The van der Waals surface area contributed by atoms with Crippen molar-refractivity contribution < 1.29 is 13.9 Å². The quantitative estimate of drug-likeness (QED) is 0.522. The first-order chi connectivity index (χ1) is 15.7. The van der Waals surface area contributed by atoms with Crippen molar-refractivity contribution in [3.63, 3.8) is 0 Å². The van der Waals surface area contributed by atoms with E-state index in [9.17, 15) is 9.18 Å². The van der Waals surface area contributed by atoms with Crippen LogP contribution < -0.4 is 5.32 Å². The molecule has 1 fully saturated rings. The van der Waals surface area contributed by atoms with Crippen LogP contribution in [0, 0.1) is 5.82 Å². The Morgan fingerprint density at radius 2 is 1.94 bits per heavy atom. The van der Waals surface area contributed by atoms with Crippen molar-refractivity contribution in [2.75, 3.05) is 31.6 Å². The molecule has 1 aliphatic rings. The van der Waals surface area contributed by atoms with E-state index >= 15 is 0 Å². The highest BCUT2D eigenvalue weighted by Gasteiger charge is 2.19. The third-order valence-corrected chi connectivity index (χ3v) is 5.38. The molecule has 1 saturated heterocycles. The van der Waals surface area contributed by atoms with E-state index in [1.807, 2.05) is 24.3 Å². The summed E-state index contributed by atoms with van der Waals surface area (Å²) in [6.45, 7) is 2.80. The van der Waals surface area contributed by atoms with E-state index < -0.39 is 0 Å². The number of amides is 1. The molecule has 0 atom stereocenters. The van der Waals surface area contributed by atoms with Gasteiger partial charge in [-0.1, -0.05) is 24.3 Å². The lowest BCUT2D eigenvalue weighted by molar-refractivity contribution is 0.0303. The minimum Gasteiger partial charge on any atom is -0.378 e. The molecule has 0 bridgehead atoms. The summed E-state index contributed by atoms with van der Waals surface area (Å²) in [5, 5.41) is 8.27. The average molecular weight is 432 g/mol. The smallest absolute Gasteiger partial charge is 0.254 e. The predicted molar refractivity (Wildman–Crippen MR) is 117 cm³/mol. The Balaban J connectivity index is 1.36. The summed E-state index contributed by atoms with van der Waals surface area (Å²) in [5.74, 6) is 0.209. The van der Waals surface area contributed by atoms with Crippen molar-refractivity contribution in [2.24, 2.45) is 0 Å². The Labute approximate surface area is 183 Å². The van der Waals surface area contributed by atoms with E-state index in [-0.39, 0.29) is 11.7 Å². The molecule has 0 saturated carbocycles. The van der Waals surface area contributed by atoms with Gasteiger partial charge >= 0.3 is 0 Å². The molecule has 3 heterocycles. The van der Waals surface area contributed by atoms with Crippen LogP contribution in [0.2, 0.25) is 0 Å². The first-order valence-corrected chi connectivity index (χ1v) is 10.3. The van der Waals surface area contributed by atoms with E-state index in [4.69, 9.17) is 4.74 Å². The van der Waals surface area contributed by atoms with Crippen LogP contribution in [-0.2, 0) is 11.3 Å². The molecule has 0 unspecified atom stereocenters. The first-order valence-electron chi connectivity index (χ1n) is 10.3. The van der Waals surface area contributed by atoms with Crippen LogP contribution in [0.4, 0.5) is 10.2 Å². The topological polar surface area (TPSA) is 85.2 Å². The molecule has 8 nitrogen and oxygen atoms in total. The number of hydrogen-bond donors (Lipinski definition) is 1. The molecule has 2 aromatic carbocycles. The van der Waals surface area contributed by atoms with E-state index in [1.54, 1.807) is 29.3 Å². The van der Waals surface area contributed by atoms with Crippen molar-refractivity contribution >= 4 is 22.8 Å². The Bertz CT molecular complexity index is 1270. The lowest BCUT2D eigenvalue weighted by Crippen LogP contribution is -2.40. The number of hydrogen-bond acceptors (Lipinski definition) is 6. The largest absolute Gasteiger partial charge is 0.378 e. The zero-order valence-corrected chi connectivity index (χ0v) is 17.2. The maximum Gasteiger partial charge on any atom is 0.254 e. The summed E-state index contributed by atoms with van der Waals surface area (Å²) in [6, 6.07) is 13.9. The molecule has 32 heavy (non-hydrogen) atoms. The van der Waals surface area contributed by atoms with E-state index in [2.05, 4.69) is 20.4 Å². The van der Waals surface area contributed by atoms with Gasteiger partial charge in [-0.05, 0) is 29.8 Å². The fraction of sp³-hybridized carbons (Fsp3) is 0.217. The van der Waals surface area contributed by atoms with Gasteiger partial charge in [0.25, 0.3) is 5.91 Å². The third-order valence-electron chi connectivity index (χ3n) is 5.38. The van der Waals surface area contributed by atoms with Crippen LogP contribution in [0.3, 0.4) is 0 Å². The molecule has 162 valence electrons. The van der Waals surface area contributed by atoms with Crippen molar-refractivity contribution in [1.29, 1.82) is 0 Å². The van der Waals surface area contributed by atoms with Crippen LogP contribution >= 0.6 is 0 Å². The van der Waals surface area contributed by atoms with Crippen molar-refractivity contribution in [3.05, 3.63) is 78.0 Å². The average Bonchev–Trinajstić information content (AvgIpc) is 3.28. The first kappa shape index (κ1) is 20.1. The molecule has 0 aliphatic carbocycles. The molecule has 1 N–H and O–H groups in total. The summed E-state index contributed by atoms with van der Waals surface area (Å²) < 4.78 is 21.0. The summed E-state index contributed by atoms with van der Waals surface area (Å²) in [5.41, 5.74) is 2.41. The highest BCUT2D eigenvalue weighted by molar-refractivity contribution is 5.94. The molecule has 9 heteroatoms. The number of rotatable bonds is 5. The van der Waals surface area contributed by atoms with Gasteiger partial charge in [-0.25, -0.2) is 19.0 Å². The summed E-state index contributed by atoms with van der Waals surface area (Å²) in [4.78, 5) is 23.2. The Morgan fingerprint density at radius 1 is 1.09 bits per heavy atom. The number of nitrogens with zero attached hydrogens (tertiary/aromatic N) is 5. The van der Waals surface area contributed by atoms with Gasteiger partial charge in [-0.2, -0.15) is 5.10 Å². The van der Waals surface area contributed by atoms with Crippen molar-refractivity contribution in [2.45, 2.75) is 6.54 Å². The SMILES string of the molecule is O=C(c1cccc(CNc2ncnc3c2cnn3-c2ccccc2F)c1)N1CCOCC1. The second-order valence-corrected chi connectivity index (χ2v) is 7.43. The summed E-state index contributed by atoms with van der Waals surface area (Å²) in [6.07, 6.45) is 3.03. The van der Waals surface area contributed by atoms with Gasteiger partial charge in [0.2, 0.25) is 0 Å². The predicted octanol–water partition coefficient (Wildman–Crippen LogP) is 3.04. The number of fused-ring (bicyclic) bond motifs is 1. The fourth-order valence-electron chi connectivity index (χ4n) is 3.73. The number of nitrogens with one attached hydrogen (secondary N) is 1. The maximum atomic E-state index is 14.2. The standard InChI is InChI=1S/C23H21FN6O2/c24-19-6-1-2-7-20(19)30-22-18(14-28-30)21(26-15-27-22)25-13-16-4-3-5-17(12-16)23(31)29-8-10-32-11-9-29/h1-7,12,14-15H,8-11,13H2,(H,25,26,27). The maximum absolute atomic E-state index is 14.2. The Morgan fingerprint density at radius 3 is 2.78 bits per heavy atom. The highest BCUT2D eigenvalue weighted by atomic mass is 19.1. The molecule has 5 rings (SSSR count). The molecule has 0 radical (unpaired) electrons. The van der Waals surface area contributed by atoms with Gasteiger partial charge < -0.3 is 15.0 Å². The van der Waals surface area contributed by atoms with Gasteiger partial charge in [-0.3, -0.25) is 4.79 Å². The monoisotopic (exact) mass is 432 g/mol. The number of ether oxygens (including phenoxy) is 1. The van der Waals surface area contributed by atoms with Crippen LogP contribution in [0.1, 0.15) is 15.9 Å². The summed E-state index contributed by atoms with van der Waals surface area (Å²) >= 11 is 0. The van der Waals surface area contributed by atoms with Crippen molar-refractivity contribution in [3.8, 4) is 5.69 Å². The van der Waals surface area contributed by atoms with Crippen molar-refractivity contribution in [1.82, 2.24) is 24.6 Å². The number of morpholine rings is 1. The van der Waals surface area contributed by atoms with E-state index in [0.29, 0.717) is 61.0 Å². The zero-order chi connectivity index (χ0) is 21.9. The van der Waals surface area contributed by atoms with Gasteiger partial charge in [0, 0.05) is 25.2 Å². The van der Waals surface area contributed by atoms with E-state index in [0.717, 1.165) is 5.56 Å². The molecular weight excluding hydrogens is 411 g/mol. The molecule has 1 aliphatic heterocycles. The highest BCUT2D eigenvalue weighted by Crippen LogP contribution is 2.23. The number of carbonyl (C=O) groups is 1. The molecule has 1 amide bonds. The minimum absolute atomic E-state index is 0.00532. The molecular formula is C23H21FN6O2. The molecule has 4 aromatic rings. The van der Waals surface area contributed by atoms with Crippen LogP contribution in [0.15, 0.2) is 61.1 Å². The van der Waals surface area contributed by atoms with Gasteiger partial charge in [-0.15, -0.1) is 0 Å². The number of halogens is 1. The Hall–Kier alpha value is -3.85. The van der Waals surface area contributed by atoms with Crippen LogP contribution in [-0.4, -0.2) is 56.9 Å². The molecule has 0 spiro atoms. The Kier molecular flexibility index (Phi) is 5.47. The number of anilines is 1. The molecule has 2 aromatic heterocycles. The van der Waals surface area contributed by atoms with Crippen LogP contribution in [0.25, 0.3) is 16.7 Å². The lowest BCUT2D eigenvalue weighted by atomic mass is 10.1. The van der Waals surface area contributed by atoms with Crippen LogP contribution in [0.5, 0.6) is 0 Å². The summed E-state index contributed by atoms with van der Waals surface area (Å²) in [7, 11) is 0. The van der Waals surface area contributed by atoms with Gasteiger partial charge in [0.15, 0.2) is 5.65 Å². The minimum atomic E-state index is -0.382. The lowest BCUT2D eigenvalue weighted by Gasteiger charge is -2.27. The second-order valence-electron chi connectivity index (χ2n) is 7.43. The fourth-order valence-corrected chi connectivity index (χ4v) is 3.73. The van der Waals surface area contributed by atoms with Gasteiger partial charge in [0.05, 0.1) is 24.8 Å². The van der Waals surface area contributed by atoms with Gasteiger partial charge in [0.1, 0.15) is 23.6 Å². The number of para-hydroxylation sites is 1. The number of benzene rings is 2. The third kappa shape index (κ3) is 3.90. The second kappa shape index (κ2) is 8.72. The number of aromatic nitrogens is 4. The number of carbonyl (C=O) groups excluding carboxylic acids is 1.